The highest BCUT2D eigenvalue weighted by atomic mass is 16.2. The second-order valence-corrected chi connectivity index (χ2v) is 6.59. The van der Waals surface area contributed by atoms with Crippen molar-refractivity contribution in [3.8, 4) is 0 Å². The summed E-state index contributed by atoms with van der Waals surface area (Å²) in [7, 11) is 1.88. The normalized spacial score (nSPS) is 18.3. The van der Waals surface area contributed by atoms with Crippen LogP contribution in [0, 0.1) is 0 Å². The van der Waals surface area contributed by atoms with E-state index in [0.717, 1.165) is 31.2 Å². The number of carbonyl (C=O) groups excluding carboxylic acids is 2. The Labute approximate surface area is 137 Å². The van der Waals surface area contributed by atoms with Crippen LogP contribution >= 0.6 is 0 Å². The molecule has 4 nitrogen and oxygen atoms in total. The van der Waals surface area contributed by atoms with Gasteiger partial charge in [-0.25, -0.2) is 0 Å². The van der Waals surface area contributed by atoms with E-state index in [1.54, 1.807) is 6.08 Å². The largest absolute Gasteiger partial charge is 0.349 e. The first-order valence-corrected chi connectivity index (χ1v) is 8.49. The molecule has 2 saturated carbocycles. The van der Waals surface area contributed by atoms with Gasteiger partial charge in [0.15, 0.2) is 0 Å². The number of nitrogens with zero attached hydrogens (tertiary/aromatic N) is 1. The first kappa shape index (κ1) is 15.8. The van der Waals surface area contributed by atoms with Crippen molar-refractivity contribution in [1.82, 2.24) is 10.2 Å². The van der Waals surface area contributed by atoms with E-state index >= 15 is 0 Å². The predicted molar refractivity (Wildman–Crippen MR) is 91.0 cm³/mol. The van der Waals surface area contributed by atoms with Gasteiger partial charge in [-0.1, -0.05) is 25.0 Å². The Morgan fingerprint density at radius 1 is 1.09 bits per heavy atom. The van der Waals surface area contributed by atoms with Gasteiger partial charge in [-0.2, -0.15) is 0 Å². The number of nitrogens with one attached hydrogen (secondary N) is 1. The number of hydrogen-bond donors (Lipinski definition) is 1. The molecule has 2 fully saturated rings. The van der Waals surface area contributed by atoms with Crippen LogP contribution in [0.25, 0.3) is 6.08 Å². The number of likely N-dealkylation sites (N-methyl/N-ethyl adjacent to an activating group) is 1. The van der Waals surface area contributed by atoms with E-state index in [0.29, 0.717) is 17.6 Å². The molecule has 0 unspecified atom stereocenters. The Hall–Kier alpha value is -2.10. The topological polar surface area (TPSA) is 49.4 Å². The second-order valence-electron chi connectivity index (χ2n) is 6.59. The molecule has 0 spiro atoms. The zero-order valence-electron chi connectivity index (χ0n) is 13.6. The minimum absolute atomic E-state index is 0.0138. The van der Waals surface area contributed by atoms with Crippen LogP contribution in [0.2, 0.25) is 0 Å². The maximum absolute atomic E-state index is 12.2. The molecule has 0 aliphatic heterocycles. The van der Waals surface area contributed by atoms with Gasteiger partial charge in [0.1, 0.15) is 0 Å². The van der Waals surface area contributed by atoms with Crippen LogP contribution in [0.5, 0.6) is 0 Å². The molecule has 0 heterocycles. The van der Waals surface area contributed by atoms with Gasteiger partial charge in [0.25, 0.3) is 5.91 Å². The summed E-state index contributed by atoms with van der Waals surface area (Å²) < 4.78 is 0. The van der Waals surface area contributed by atoms with E-state index in [1.165, 1.54) is 12.8 Å². The van der Waals surface area contributed by atoms with Crippen LogP contribution < -0.4 is 5.32 Å². The standard InChI is InChI=1S/C19H24N2O2/c1-21(17-4-2-3-5-17)18(22)13-8-14-6-9-15(10-7-14)19(23)20-16-11-12-16/h6-10,13,16-17H,2-5,11-12H2,1H3,(H,20,23). The maximum Gasteiger partial charge on any atom is 0.251 e. The molecule has 1 aromatic carbocycles. The molecular formula is C19H24N2O2. The van der Waals surface area contributed by atoms with Crippen LogP contribution in [0.15, 0.2) is 30.3 Å². The summed E-state index contributed by atoms with van der Waals surface area (Å²) in [6.07, 6.45) is 10.3. The molecule has 0 bridgehead atoms. The molecule has 2 aliphatic rings. The summed E-state index contributed by atoms with van der Waals surface area (Å²) in [6, 6.07) is 8.12. The lowest BCUT2D eigenvalue weighted by Gasteiger charge is -2.22. The lowest BCUT2D eigenvalue weighted by molar-refractivity contribution is -0.126. The van der Waals surface area contributed by atoms with E-state index < -0.39 is 0 Å². The Morgan fingerprint density at radius 2 is 1.74 bits per heavy atom. The highest BCUT2D eigenvalue weighted by Gasteiger charge is 2.24. The Morgan fingerprint density at radius 3 is 2.35 bits per heavy atom. The van der Waals surface area contributed by atoms with Gasteiger partial charge in [-0.3, -0.25) is 9.59 Å². The van der Waals surface area contributed by atoms with Gasteiger partial charge < -0.3 is 10.2 Å². The lowest BCUT2D eigenvalue weighted by Crippen LogP contribution is -2.33. The second kappa shape index (κ2) is 6.99. The van der Waals surface area contributed by atoms with Gasteiger partial charge in [0.2, 0.25) is 5.91 Å². The molecule has 2 aliphatic carbocycles. The van der Waals surface area contributed by atoms with E-state index in [4.69, 9.17) is 0 Å². The maximum atomic E-state index is 12.2. The highest BCUT2D eigenvalue weighted by Crippen LogP contribution is 2.22. The van der Waals surface area contributed by atoms with Crippen LogP contribution in [0.3, 0.4) is 0 Å². The minimum Gasteiger partial charge on any atom is -0.349 e. The average molecular weight is 312 g/mol. The number of amides is 2. The van der Waals surface area contributed by atoms with Crippen molar-refractivity contribution in [1.29, 1.82) is 0 Å². The van der Waals surface area contributed by atoms with E-state index in [1.807, 2.05) is 42.3 Å². The lowest BCUT2D eigenvalue weighted by atomic mass is 10.1. The fourth-order valence-electron chi connectivity index (χ4n) is 3.00. The molecule has 23 heavy (non-hydrogen) atoms. The predicted octanol–water partition coefficient (Wildman–Crippen LogP) is 2.99. The summed E-state index contributed by atoms with van der Waals surface area (Å²) >= 11 is 0. The minimum atomic E-state index is -0.0138. The zero-order valence-corrected chi connectivity index (χ0v) is 13.6. The van der Waals surface area contributed by atoms with Crippen molar-refractivity contribution in [2.45, 2.75) is 50.6 Å². The zero-order chi connectivity index (χ0) is 16.2. The number of benzene rings is 1. The molecule has 1 aromatic rings. The fourth-order valence-corrected chi connectivity index (χ4v) is 3.00. The Balaban J connectivity index is 1.56. The number of rotatable bonds is 5. The first-order chi connectivity index (χ1) is 11.1. The van der Waals surface area contributed by atoms with Crippen molar-refractivity contribution in [3.63, 3.8) is 0 Å². The molecule has 122 valence electrons. The van der Waals surface area contributed by atoms with Gasteiger partial charge in [-0.05, 0) is 49.5 Å². The van der Waals surface area contributed by atoms with Gasteiger partial charge in [-0.15, -0.1) is 0 Å². The van der Waals surface area contributed by atoms with Crippen molar-refractivity contribution < 1.29 is 9.59 Å². The summed E-state index contributed by atoms with van der Waals surface area (Å²) in [4.78, 5) is 25.9. The molecule has 0 atom stereocenters. The third kappa shape index (κ3) is 4.21. The molecule has 4 heteroatoms. The van der Waals surface area contributed by atoms with Gasteiger partial charge >= 0.3 is 0 Å². The summed E-state index contributed by atoms with van der Waals surface area (Å²) in [5, 5.41) is 2.97. The van der Waals surface area contributed by atoms with Crippen molar-refractivity contribution >= 4 is 17.9 Å². The van der Waals surface area contributed by atoms with Crippen molar-refractivity contribution in [2.24, 2.45) is 0 Å². The molecule has 3 rings (SSSR count). The SMILES string of the molecule is CN(C(=O)C=Cc1ccc(C(=O)NC2CC2)cc1)C1CCCC1. The van der Waals surface area contributed by atoms with Crippen LogP contribution in [-0.2, 0) is 4.79 Å². The highest BCUT2D eigenvalue weighted by molar-refractivity contribution is 5.95. The van der Waals surface area contributed by atoms with E-state index in [-0.39, 0.29) is 11.8 Å². The molecular weight excluding hydrogens is 288 g/mol. The number of carbonyl (C=O) groups is 2. The third-order valence-electron chi connectivity index (χ3n) is 4.72. The van der Waals surface area contributed by atoms with Crippen molar-refractivity contribution in [2.75, 3.05) is 7.05 Å². The smallest absolute Gasteiger partial charge is 0.251 e. The monoisotopic (exact) mass is 312 g/mol. The molecule has 2 amide bonds. The summed E-state index contributed by atoms with van der Waals surface area (Å²) in [5.41, 5.74) is 1.60. The quantitative estimate of drug-likeness (QED) is 0.850. The average Bonchev–Trinajstić information content (AvgIpc) is 3.21. The summed E-state index contributed by atoms with van der Waals surface area (Å²) in [6.45, 7) is 0. The van der Waals surface area contributed by atoms with Gasteiger partial charge in [0, 0.05) is 30.8 Å². The third-order valence-corrected chi connectivity index (χ3v) is 4.72. The molecule has 0 radical (unpaired) electrons. The van der Waals surface area contributed by atoms with Gasteiger partial charge in [0.05, 0.1) is 0 Å². The Kier molecular flexibility index (Phi) is 4.79. The van der Waals surface area contributed by atoms with Crippen LogP contribution in [0.4, 0.5) is 0 Å². The van der Waals surface area contributed by atoms with Crippen LogP contribution in [0.1, 0.15) is 54.4 Å². The van der Waals surface area contributed by atoms with Crippen LogP contribution in [-0.4, -0.2) is 35.8 Å². The Bertz CT molecular complexity index is 596. The van der Waals surface area contributed by atoms with E-state index in [9.17, 15) is 9.59 Å². The summed E-state index contributed by atoms with van der Waals surface area (Å²) in [5.74, 6) is 0.0347. The molecule has 0 saturated heterocycles. The molecule has 0 aromatic heterocycles. The fraction of sp³-hybridized carbons (Fsp3) is 0.474. The van der Waals surface area contributed by atoms with Crippen molar-refractivity contribution in [3.05, 3.63) is 41.5 Å². The number of hydrogen-bond acceptors (Lipinski definition) is 2. The molecule has 1 N–H and O–H groups in total. The van der Waals surface area contributed by atoms with E-state index in [2.05, 4.69) is 5.32 Å². The first-order valence-electron chi connectivity index (χ1n) is 8.49.